The molecule has 4 aromatic rings. The van der Waals surface area contributed by atoms with Gasteiger partial charge in [0.2, 0.25) is 15.9 Å². The van der Waals surface area contributed by atoms with Gasteiger partial charge in [-0.2, -0.15) is 0 Å². The molecular weight excluding hydrogens is 530 g/mol. The van der Waals surface area contributed by atoms with E-state index in [-0.39, 0.29) is 17.3 Å². The Labute approximate surface area is 231 Å². The Balaban J connectivity index is 1.47. The zero-order valence-corrected chi connectivity index (χ0v) is 22.1. The van der Waals surface area contributed by atoms with E-state index in [2.05, 4.69) is 15.4 Å². The van der Waals surface area contributed by atoms with Crippen LogP contribution in [0.1, 0.15) is 28.4 Å². The van der Waals surface area contributed by atoms with Crippen LogP contribution in [0.25, 0.3) is 11.1 Å². The summed E-state index contributed by atoms with van der Waals surface area (Å²) in [6.07, 6.45) is -0.420. The number of sulfonamides is 1. The Hall–Kier alpha value is -4.80. The summed E-state index contributed by atoms with van der Waals surface area (Å²) in [6.45, 7) is -0.226. The lowest BCUT2D eigenvalue weighted by atomic mass is 10.1. The second kappa shape index (κ2) is 12.8. The second-order valence-corrected chi connectivity index (χ2v) is 10.6. The van der Waals surface area contributed by atoms with Gasteiger partial charge >= 0.3 is 5.97 Å². The average Bonchev–Trinajstić information content (AvgIpc) is 2.96. The zero-order chi connectivity index (χ0) is 28.5. The van der Waals surface area contributed by atoms with Gasteiger partial charge in [-0.15, -0.1) is 0 Å². The lowest BCUT2D eigenvalue weighted by molar-refractivity contribution is -0.137. The molecular formula is C30H27N3O6S. The maximum Gasteiger partial charge on any atom is 0.305 e. The molecule has 4 rings (SSSR count). The summed E-state index contributed by atoms with van der Waals surface area (Å²) in [4.78, 5) is 36.0. The number of carbonyl (C=O) groups is 3. The van der Waals surface area contributed by atoms with Crippen molar-refractivity contribution in [1.82, 2.24) is 10.0 Å². The van der Waals surface area contributed by atoms with Crippen LogP contribution in [0.4, 0.5) is 5.69 Å². The third-order valence-corrected chi connectivity index (χ3v) is 7.42. The maximum atomic E-state index is 13.2. The molecule has 0 spiro atoms. The van der Waals surface area contributed by atoms with Gasteiger partial charge in [0.25, 0.3) is 5.91 Å². The number of nitrogens with one attached hydrogen (secondary N) is 3. The minimum Gasteiger partial charge on any atom is -0.481 e. The monoisotopic (exact) mass is 557 g/mol. The Kier molecular flexibility index (Phi) is 9.05. The van der Waals surface area contributed by atoms with Crippen molar-refractivity contribution in [1.29, 1.82) is 0 Å². The standard InChI is InChI=1S/C30H27N3O6S/c34-28(20-31-30(37)22-11-5-2-6-12-22)32-25-15-7-13-23(17-25)24-14-8-16-26(18-24)40(38,39)33-27(19-29(35)36)21-9-3-1-4-10-21/h1-18,27,33H,19-20H2,(H,31,37)(H,32,34)(H,35,36)/t27-/m0/s1. The molecule has 0 aliphatic rings. The van der Waals surface area contributed by atoms with Crippen LogP contribution in [0.2, 0.25) is 0 Å². The van der Waals surface area contributed by atoms with Crippen molar-refractivity contribution in [3.05, 3.63) is 120 Å². The molecule has 0 aromatic heterocycles. The molecule has 4 aromatic carbocycles. The van der Waals surface area contributed by atoms with Gasteiger partial charge in [-0.05, 0) is 53.1 Å². The Morgan fingerprint density at radius 1 is 0.750 bits per heavy atom. The van der Waals surface area contributed by atoms with Crippen molar-refractivity contribution >= 4 is 33.5 Å². The van der Waals surface area contributed by atoms with Crippen molar-refractivity contribution in [3.8, 4) is 11.1 Å². The maximum absolute atomic E-state index is 13.2. The first-order chi connectivity index (χ1) is 19.2. The molecule has 2 amide bonds. The molecule has 0 aliphatic carbocycles. The lowest BCUT2D eigenvalue weighted by Crippen LogP contribution is -2.32. The summed E-state index contributed by atoms with van der Waals surface area (Å²) in [5.74, 6) is -1.93. The van der Waals surface area contributed by atoms with Crippen molar-refractivity contribution in [2.45, 2.75) is 17.4 Å². The summed E-state index contributed by atoms with van der Waals surface area (Å²) >= 11 is 0. The van der Waals surface area contributed by atoms with E-state index in [9.17, 15) is 27.9 Å². The van der Waals surface area contributed by atoms with Crippen LogP contribution >= 0.6 is 0 Å². The van der Waals surface area contributed by atoms with Gasteiger partial charge in [0.05, 0.1) is 23.9 Å². The average molecular weight is 558 g/mol. The van der Waals surface area contributed by atoms with E-state index >= 15 is 0 Å². The van der Waals surface area contributed by atoms with E-state index in [1.165, 1.54) is 12.1 Å². The fraction of sp³-hybridized carbons (Fsp3) is 0.100. The van der Waals surface area contributed by atoms with Crippen LogP contribution in [-0.2, 0) is 19.6 Å². The van der Waals surface area contributed by atoms with E-state index < -0.39 is 34.4 Å². The molecule has 0 radical (unpaired) electrons. The van der Waals surface area contributed by atoms with Crippen molar-refractivity contribution in [3.63, 3.8) is 0 Å². The molecule has 0 unspecified atom stereocenters. The Morgan fingerprint density at radius 3 is 2.05 bits per heavy atom. The van der Waals surface area contributed by atoms with Gasteiger partial charge in [-0.25, -0.2) is 13.1 Å². The fourth-order valence-electron chi connectivity index (χ4n) is 4.02. The molecule has 0 bridgehead atoms. The highest BCUT2D eigenvalue weighted by atomic mass is 32.2. The number of anilines is 1. The van der Waals surface area contributed by atoms with Crippen LogP contribution < -0.4 is 15.4 Å². The minimum absolute atomic E-state index is 0.0330. The summed E-state index contributed by atoms with van der Waals surface area (Å²) in [6, 6.07) is 29.2. The summed E-state index contributed by atoms with van der Waals surface area (Å²) in [5, 5.41) is 14.6. The summed E-state index contributed by atoms with van der Waals surface area (Å²) in [7, 11) is -4.07. The minimum atomic E-state index is -4.07. The number of benzene rings is 4. The van der Waals surface area contributed by atoms with Gasteiger partial charge in [-0.3, -0.25) is 14.4 Å². The first-order valence-corrected chi connectivity index (χ1v) is 13.8. The third-order valence-electron chi connectivity index (χ3n) is 5.95. The van der Waals surface area contributed by atoms with E-state index in [0.717, 1.165) is 0 Å². The van der Waals surface area contributed by atoms with Crippen molar-refractivity contribution < 1.29 is 27.9 Å². The molecule has 1 atom stereocenters. The zero-order valence-electron chi connectivity index (χ0n) is 21.3. The van der Waals surface area contributed by atoms with Gasteiger partial charge < -0.3 is 15.7 Å². The second-order valence-electron chi connectivity index (χ2n) is 8.89. The topological polar surface area (TPSA) is 142 Å². The fourth-order valence-corrected chi connectivity index (χ4v) is 5.29. The number of carboxylic acids is 1. The van der Waals surface area contributed by atoms with Gasteiger partial charge in [0.15, 0.2) is 0 Å². The molecule has 40 heavy (non-hydrogen) atoms. The number of hydrogen-bond donors (Lipinski definition) is 4. The lowest BCUT2D eigenvalue weighted by Gasteiger charge is -2.18. The van der Waals surface area contributed by atoms with Crippen molar-refractivity contribution in [2.24, 2.45) is 0 Å². The van der Waals surface area contributed by atoms with Crippen LogP contribution in [0.5, 0.6) is 0 Å². The third kappa shape index (κ3) is 7.62. The van der Waals surface area contributed by atoms with Gasteiger partial charge in [0, 0.05) is 11.3 Å². The number of carbonyl (C=O) groups excluding carboxylic acids is 2. The number of amides is 2. The first-order valence-electron chi connectivity index (χ1n) is 12.3. The molecule has 4 N–H and O–H groups in total. The first kappa shape index (κ1) is 28.2. The van der Waals surface area contributed by atoms with Gasteiger partial charge in [0.1, 0.15) is 0 Å². The van der Waals surface area contributed by atoms with E-state index in [1.54, 1.807) is 97.1 Å². The quantitative estimate of drug-likeness (QED) is 0.218. The number of hydrogen-bond acceptors (Lipinski definition) is 5. The Morgan fingerprint density at radius 2 is 1.38 bits per heavy atom. The van der Waals surface area contributed by atoms with Crippen LogP contribution in [0.15, 0.2) is 114 Å². The molecule has 10 heteroatoms. The molecule has 0 saturated heterocycles. The van der Waals surface area contributed by atoms with E-state index in [0.29, 0.717) is 27.9 Å². The number of aliphatic carboxylic acids is 1. The molecule has 0 aliphatic heterocycles. The van der Waals surface area contributed by atoms with Crippen LogP contribution in [-0.4, -0.2) is 37.9 Å². The van der Waals surface area contributed by atoms with Crippen LogP contribution in [0.3, 0.4) is 0 Å². The largest absolute Gasteiger partial charge is 0.481 e. The highest BCUT2D eigenvalue weighted by Gasteiger charge is 2.24. The number of carboxylic acid groups (broad SMARTS) is 1. The Bertz CT molecular complexity index is 1610. The highest BCUT2D eigenvalue weighted by Crippen LogP contribution is 2.26. The predicted molar refractivity (Wildman–Crippen MR) is 151 cm³/mol. The number of rotatable bonds is 11. The smallest absolute Gasteiger partial charge is 0.305 e. The summed E-state index contributed by atoms with van der Waals surface area (Å²) < 4.78 is 29.0. The molecule has 0 fully saturated rings. The summed E-state index contributed by atoms with van der Waals surface area (Å²) in [5.41, 5.74) is 2.67. The van der Waals surface area contributed by atoms with Crippen molar-refractivity contribution in [2.75, 3.05) is 11.9 Å². The highest BCUT2D eigenvalue weighted by molar-refractivity contribution is 7.89. The van der Waals surface area contributed by atoms with Gasteiger partial charge in [-0.1, -0.05) is 72.8 Å². The van der Waals surface area contributed by atoms with Crippen LogP contribution in [0, 0.1) is 0 Å². The molecule has 9 nitrogen and oxygen atoms in total. The normalized spacial score (nSPS) is 11.8. The molecule has 0 heterocycles. The SMILES string of the molecule is O=C(O)C[C@H](NS(=O)(=O)c1cccc(-c2cccc(NC(=O)CNC(=O)c3ccccc3)c2)c1)c1ccccc1. The van der Waals surface area contributed by atoms with E-state index in [1.807, 2.05) is 0 Å². The predicted octanol–water partition coefficient (Wildman–Crippen LogP) is 4.22. The molecule has 0 saturated carbocycles. The van der Waals surface area contributed by atoms with E-state index in [4.69, 9.17) is 0 Å². The molecule has 204 valence electrons.